The lowest BCUT2D eigenvalue weighted by Gasteiger charge is -2.37. The van der Waals surface area contributed by atoms with Crippen LogP contribution in [-0.2, 0) is 11.3 Å². The highest BCUT2D eigenvalue weighted by molar-refractivity contribution is 5.97. The van der Waals surface area contributed by atoms with Gasteiger partial charge < -0.3 is 4.90 Å². The topological polar surface area (TPSA) is 47.3 Å². The Hall–Kier alpha value is -2.64. The van der Waals surface area contributed by atoms with E-state index in [1.165, 1.54) is 0 Å². The number of carbonyl (C=O) groups excluding carboxylic acids is 1. The molecule has 1 saturated heterocycles. The third-order valence-corrected chi connectivity index (χ3v) is 4.57. The zero-order valence-corrected chi connectivity index (χ0v) is 13.9. The molecule has 4 heteroatoms. The lowest BCUT2D eigenvalue weighted by atomic mass is 10.0. The SMILES string of the molecule is CN(Cc1ccccc1C#N)[C@@H]1CCCN(c2ccccc2)C1=O. The van der Waals surface area contributed by atoms with Gasteiger partial charge in [0.05, 0.1) is 17.7 Å². The maximum absolute atomic E-state index is 12.9. The van der Waals surface area contributed by atoms with E-state index in [1.807, 2.05) is 66.5 Å². The molecule has 0 aromatic heterocycles. The van der Waals surface area contributed by atoms with Crippen LogP contribution in [0.1, 0.15) is 24.0 Å². The third kappa shape index (κ3) is 3.32. The molecule has 1 aliphatic heterocycles. The van der Waals surface area contributed by atoms with Crippen LogP contribution in [0.5, 0.6) is 0 Å². The first-order valence-corrected chi connectivity index (χ1v) is 8.25. The molecular formula is C20H21N3O. The molecule has 2 aromatic rings. The first kappa shape index (κ1) is 16.2. The summed E-state index contributed by atoms with van der Waals surface area (Å²) >= 11 is 0. The van der Waals surface area contributed by atoms with E-state index in [4.69, 9.17) is 0 Å². The van der Waals surface area contributed by atoms with Gasteiger partial charge in [-0.05, 0) is 43.7 Å². The first-order chi connectivity index (χ1) is 11.7. The van der Waals surface area contributed by atoms with Crippen molar-refractivity contribution in [3.05, 3.63) is 65.7 Å². The van der Waals surface area contributed by atoms with Crippen LogP contribution in [0.2, 0.25) is 0 Å². The molecule has 0 aliphatic carbocycles. The van der Waals surface area contributed by atoms with Crippen molar-refractivity contribution in [3.8, 4) is 6.07 Å². The van der Waals surface area contributed by atoms with E-state index in [0.29, 0.717) is 12.1 Å². The highest BCUT2D eigenvalue weighted by Gasteiger charge is 2.32. The maximum atomic E-state index is 12.9. The Labute approximate surface area is 142 Å². The summed E-state index contributed by atoms with van der Waals surface area (Å²) in [5.74, 6) is 0.143. The number of nitrogens with zero attached hydrogens (tertiary/aromatic N) is 3. The summed E-state index contributed by atoms with van der Waals surface area (Å²) in [6.45, 7) is 1.37. The largest absolute Gasteiger partial charge is 0.311 e. The van der Waals surface area contributed by atoms with Gasteiger partial charge >= 0.3 is 0 Å². The molecular weight excluding hydrogens is 298 g/mol. The molecule has 0 bridgehead atoms. The van der Waals surface area contributed by atoms with E-state index in [-0.39, 0.29) is 11.9 Å². The molecule has 1 atom stereocenters. The number of carbonyl (C=O) groups is 1. The summed E-state index contributed by atoms with van der Waals surface area (Å²) in [7, 11) is 1.96. The summed E-state index contributed by atoms with van der Waals surface area (Å²) in [6, 6.07) is 19.5. The molecule has 0 unspecified atom stereocenters. The molecule has 1 heterocycles. The molecule has 2 aromatic carbocycles. The fourth-order valence-corrected chi connectivity index (χ4v) is 3.28. The van der Waals surface area contributed by atoms with Crippen LogP contribution >= 0.6 is 0 Å². The molecule has 122 valence electrons. The third-order valence-electron chi connectivity index (χ3n) is 4.57. The predicted octanol–water partition coefficient (Wildman–Crippen LogP) is 3.19. The Balaban J connectivity index is 1.76. The van der Waals surface area contributed by atoms with Crippen molar-refractivity contribution in [1.29, 1.82) is 5.26 Å². The van der Waals surface area contributed by atoms with Crippen molar-refractivity contribution >= 4 is 11.6 Å². The monoisotopic (exact) mass is 319 g/mol. The highest BCUT2D eigenvalue weighted by Crippen LogP contribution is 2.24. The fourth-order valence-electron chi connectivity index (χ4n) is 3.28. The molecule has 0 saturated carbocycles. The number of piperidine rings is 1. The van der Waals surface area contributed by atoms with Crippen LogP contribution in [0, 0.1) is 11.3 Å². The second-order valence-corrected chi connectivity index (χ2v) is 6.17. The molecule has 0 radical (unpaired) electrons. The quantitative estimate of drug-likeness (QED) is 0.869. The van der Waals surface area contributed by atoms with Crippen LogP contribution in [0.3, 0.4) is 0 Å². The zero-order valence-electron chi connectivity index (χ0n) is 13.9. The van der Waals surface area contributed by atoms with E-state index in [0.717, 1.165) is 30.6 Å². The molecule has 0 N–H and O–H groups in total. The highest BCUT2D eigenvalue weighted by atomic mass is 16.2. The van der Waals surface area contributed by atoms with E-state index in [9.17, 15) is 10.1 Å². The van der Waals surface area contributed by atoms with Gasteiger partial charge in [-0.2, -0.15) is 5.26 Å². The van der Waals surface area contributed by atoms with Gasteiger partial charge in [0, 0.05) is 18.8 Å². The number of likely N-dealkylation sites (N-methyl/N-ethyl adjacent to an activating group) is 1. The van der Waals surface area contributed by atoms with Crippen molar-refractivity contribution < 1.29 is 4.79 Å². The smallest absolute Gasteiger partial charge is 0.244 e. The number of para-hydroxylation sites is 1. The van der Waals surface area contributed by atoms with Crippen LogP contribution < -0.4 is 4.90 Å². The van der Waals surface area contributed by atoms with E-state index in [1.54, 1.807) is 0 Å². The van der Waals surface area contributed by atoms with Crippen molar-refractivity contribution in [2.24, 2.45) is 0 Å². The molecule has 1 amide bonds. The normalized spacial score (nSPS) is 17.8. The minimum Gasteiger partial charge on any atom is -0.311 e. The minimum absolute atomic E-state index is 0.143. The Kier molecular flexibility index (Phi) is 4.93. The van der Waals surface area contributed by atoms with E-state index < -0.39 is 0 Å². The average molecular weight is 319 g/mol. The first-order valence-electron chi connectivity index (χ1n) is 8.25. The van der Waals surface area contributed by atoms with Gasteiger partial charge in [-0.3, -0.25) is 9.69 Å². The summed E-state index contributed by atoms with van der Waals surface area (Å²) in [5.41, 5.74) is 2.60. The van der Waals surface area contributed by atoms with Crippen LogP contribution in [0.4, 0.5) is 5.69 Å². The number of hydrogen-bond acceptors (Lipinski definition) is 3. The molecule has 1 aliphatic rings. The number of amides is 1. The molecule has 0 spiro atoms. The molecule has 1 fully saturated rings. The van der Waals surface area contributed by atoms with E-state index in [2.05, 4.69) is 11.0 Å². The average Bonchev–Trinajstić information content (AvgIpc) is 2.63. The maximum Gasteiger partial charge on any atom is 0.244 e. The van der Waals surface area contributed by atoms with Crippen molar-refractivity contribution in [3.63, 3.8) is 0 Å². The number of benzene rings is 2. The number of rotatable bonds is 4. The molecule has 3 rings (SSSR count). The van der Waals surface area contributed by atoms with Crippen molar-refractivity contribution in [1.82, 2.24) is 4.90 Å². The van der Waals surface area contributed by atoms with Crippen LogP contribution in [-0.4, -0.2) is 30.4 Å². The second-order valence-electron chi connectivity index (χ2n) is 6.17. The van der Waals surface area contributed by atoms with Crippen molar-refractivity contribution in [2.45, 2.75) is 25.4 Å². The lowest BCUT2D eigenvalue weighted by Crippen LogP contribution is -2.51. The Morgan fingerprint density at radius 3 is 2.62 bits per heavy atom. The van der Waals surface area contributed by atoms with Gasteiger partial charge in [0.15, 0.2) is 0 Å². The second kappa shape index (κ2) is 7.29. The minimum atomic E-state index is -0.147. The summed E-state index contributed by atoms with van der Waals surface area (Å²) in [5, 5.41) is 9.24. The number of hydrogen-bond donors (Lipinski definition) is 0. The Morgan fingerprint density at radius 1 is 1.17 bits per heavy atom. The standard InChI is InChI=1S/C20H21N3O/c1-22(15-17-9-6-5-8-16(17)14-21)19-12-7-13-23(20(19)24)18-10-3-2-4-11-18/h2-6,8-11,19H,7,12-13,15H2,1H3/t19-/m1/s1. The lowest BCUT2D eigenvalue weighted by molar-refractivity contribution is -0.125. The Bertz CT molecular complexity index is 751. The van der Waals surface area contributed by atoms with Gasteiger partial charge in [0.1, 0.15) is 0 Å². The number of nitriles is 1. The predicted molar refractivity (Wildman–Crippen MR) is 94.4 cm³/mol. The molecule has 24 heavy (non-hydrogen) atoms. The summed E-state index contributed by atoms with van der Waals surface area (Å²) in [6.07, 6.45) is 1.84. The van der Waals surface area contributed by atoms with Gasteiger partial charge in [0.25, 0.3) is 0 Å². The fraction of sp³-hybridized carbons (Fsp3) is 0.300. The van der Waals surface area contributed by atoms with Crippen molar-refractivity contribution in [2.75, 3.05) is 18.5 Å². The van der Waals surface area contributed by atoms with E-state index >= 15 is 0 Å². The van der Waals surface area contributed by atoms with Gasteiger partial charge in [-0.1, -0.05) is 36.4 Å². The summed E-state index contributed by atoms with van der Waals surface area (Å²) < 4.78 is 0. The van der Waals surface area contributed by atoms with Gasteiger partial charge in [-0.15, -0.1) is 0 Å². The zero-order chi connectivity index (χ0) is 16.9. The Morgan fingerprint density at radius 2 is 1.88 bits per heavy atom. The summed E-state index contributed by atoms with van der Waals surface area (Å²) in [4.78, 5) is 16.9. The molecule has 4 nitrogen and oxygen atoms in total. The van der Waals surface area contributed by atoms with Crippen LogP contribution in [0.15, 0.2) is 54.6 Å². The van der Waals surface area contributed by atoms with Crippen LogP contribution in [0.25, 0.3) is 0 Å². The van der Waals surface area contributed by atoms with Gasteiger partial charge in [-0.25, -0.2) is 0 Å². The number of anilines is 1. The van der Waals surface area contributed by atoms with Gasteiger partial charge in [0.2, 0.25) is 5.91 Å².